The molecule has 0 heterocycles. The van der Waals surface area contributed by atoms with Crippen molar-refractivity contribution in [2.24, 2.45) is 0 Å². The summed E-state index contributed by atoms with van der Waals surface area (Å²) in [6, 6.07) is 0. The lowest BCUT2D eigenvalue weighted by atomic mass is 9.88. The van der Waals surface area contributed by atoms with Crippen LogP contribution in [0.5, 0.6) is 0 Å². The lowest BCUT2D eigenvalue weighted by Gasteiger charge is -2.39. The molecule has 0 saturated heterocycles. The molecule has 1 unspecified atom stereocenters. The van der Waals surface area contributed by atoms with Gasteiger partial charge in [0.05, 0.1) is 5.60 Å². The van der Waals surface area contributed by atoms with Crippen LogP contribution in [0.25, 0.3) is 0 Å². The Morgan fingerprint density at radius 3 is 1.32 bits per heavy atom. The van der Waals surface area contributed by atoms with Crippen molar-refractivity contribution in [3.8, 4) is 0 Å². The van der Waals surface area contributed by atoms with Crippen LogP contribution in [0.2, 0.25) is 0 Å². The summed E-state index contributed by atoms with van der Waals surface area (Å²) in [6.45, 7) is 1.49. The molecule has 134 valence electrons. The highest BCUT2D eigenvalue weighted by Crippen LogP contribution is 2.58. The Hall–Kier alpha value is -0.810. The van der Waals surface area contributed by atoms with Crippen molar-refractivity contribution in [1.82, 2.24) is 0 Å². The van der Waals surface area contributed by atoms with E-state index in [1.54, 1.807) is 0 Å². The average Bonchev–Trinajstić information content (AvgIpc) is 2.25. The Kier molecular flexibility index (Phi) is 5.18. The largest absolute Gasteiger partial charge is 0.460 e. The highest BCUT2D eigenvalue weighted by Gasteiger charge is 2.87. The zero-order valence-electron chi connectivity index (χ0n) is 11.0. The van der Waals surface area contributed by atoms with Crippen LogP contribution in [0.3, 0.4) is 0 Å². The van der Waals surface area contributed by atoms with E-state index in [1.807, 2.05) is 0 Å². The molecule has 0 saturated carbocycles. The summed E-state index contributed by atoms with van der Waals surface area (Å²) in [6.07, 6.45) is -10.3. The molecule has 1 nitrogen and oxygen atoms in total. The molecular formula is C10H11F11O. The highest BCUT2D eigenvalue weighted by atomic mass is 19.4. The molecule has 0 fully saturated rings. The van der Waals surface area contributed by atoms with Crippen molar-refractivity contribution < 1.29 is 53.4 Å². The molecule has 0 rings (SSSR count). The van der Waals surface area contributed by atoms with Crippen molar-refractivity contribution >= 4 is 0 Å². The summed E-state index contributed by atoms with van der Waals surface area (Å²) in [7, 11) is 0. The molecule has 0 radical (unpaired) electrons. The highest BCUT2D eigenvalue weighted by molar-refractivity contribution is 5.07. The topological polar surface area (TPSA) is 20.2 Å². The fourth-order valence-corrected chi connectivity index (χ4v) is 1.32. The summed E-state index contributed by atoms with van der Waals surface area (Å²) in [4.78, 5) is 0. The van der Waals surface area contributed by atoms with Crippen LogP contribution in [0.1, 0.15) is 26.7 Å². The standard InChI is InChI=1S/C10H11F11O/c1-3-5(2,22)4-6(11,12)7(13,14)8(15,16)9(17,18)10(19,20)21/h22H,3-4H2,1-2H3. The summed E-state index contributed by atoms with van der Waals surface area (Å²) in [5.41, 5.74) is -2.68. The number of hydrogen-bond acceptors (Lipinski definition) is 1. The van der Waals surface area contributed by atoms with Gasteiger partial charge in [-0.05, 0) is 13.3 Å². The maximum atomic E-state index is 13.2. The van der Waals surface area contributed by atoms with E-state index in [0.717, 1.165) is 6.92 Å². The van der Waals surface area contributed by atoms with Crippen molar-refractivity contribution in [2.45, 2.75) is 62.2 Å². The number of hydrogen-bond donors (Lipinski definition) is 1. The molecule has 0 aromatic heterocycles. The first-order chi connectivity index (χ1) is 9.27. The zero-order valence-corrected chi connectivity index (χ0v) is 11.0. The zero-order chi connectivity index (χ0) is 18.4. The van der Waals surface area contributed by atoms with Gasteiger partial charge < -0.3 is 5.11 Å². The Balaban J connectivity index is 5.90. The molecule has 0 bridgehead atoms. The van der Waals surface area contributed by atoms with Gasteiger partial charge in [0.15, 0.2) is 0 Å². The minimum Gasteiger partial charge on any atom is -0.390 e. The van der Waals surface area contributed by atoms with Crippen LogP contribution >= 0.6 is 0 Å². The van der Waals surface area contributed by atoms with Crippen molar-refractivity contribution in [1.29, 1.82) is 0 Å². The maximum absolute atomic E-state index is 13.2. The Labute approximate surface area is 117 Å². The first kappa shape index (κ1) is 21.2. The van der Waals surface area contributed by atoms with Gasteiger partial charge in [0, 0.05) is 6.42 Å². The van der Waals surface area contributed by atoms with Crippen LogP contribution in [-0.2, 0) is 0 Å². The molecule has 1 atom stereocenters. The van der Waals surface area contributed by atoms with Gasteiger partial charge in [0.25, 0.3) is 0 Å². The van der Waals surface area contributed by atoms with Gasteiger partial charge in [0.2, 0.25) is 0 Å². The van der Waals surface area contributed by atoms with E-state index in [4.69, 9.17) is 0 Å². The van der Waals surface area contributed by atoms with E-state index in [2.05, 4.69) is 0 Å². The van der Waals surface area contributed by atoms with Crippen molar-refractivity contribution in [3.63, 3.8) is 0 Å². The van der Waals surface area contributed by atoms with Crippen LogP contribution in [0, 0.1) is 0 Å². The minimum atomic E-state index is -7.43. The van der Waals surface area contributed by atoms with Gasteiger partial charge in [-0.3, -0.25) is 0 Å². The average molecular weight is 356 g/mol. The van der Waals surface area contributed by atoms with Crippen LogP contribution < -0.4 is 0 Å². The second kappa shape index (κ2) is 5.38. The first-order valence-corrected chi connectivity index (χ1v) is 5.57. The van der Waals surface area contributed by atoms with Crippen LogP contribution in [-0.4, -0.2) is 40.6 Å². The van der Waals surface area contributed by atoms with Crippen molar-refractivity contribution in [2.75, 3.05) is 0 Å². The third kappa shape index (κ3) is 3.25. The second-order valence-electron chi connectivity index (χ2n) is 4.95. The molecule has 0 aliphatic carbocycles. The van der Waals surface area contributed by atoms with Gasteiger partial charge in [-0.1, -0.05) is 6.92 Å². The van der Waals surface area contributed by atoms with E-state index >= 15 is 0 Å². The Bertz CT molecular complexity index is 396. The summed E-state index contributed by atoms with van der Waals surface area (Å²) in [5.74, 6) is -27.9. The number of alkyl halides is 11. The number of halogens is 11. The molecule has 0 aliphatic heterocycles. The Morgan fingerprint density at radius 1 is 0.682 bits per heavy atom. The molecule has 0 aromatic carbocycles. The molecular weight excluding hydrogens is 345 g/mol. The smallest absolute Gasteiger partial charge is 0.390 e. The molecule has 0 aliphatic rings. The molecule has 0 amide bonds. The van der Waals surface area contributed by atoms with E-state index in [9.17, 15) is 53.4 Å². The fourth-order valence-electron chi connectivity index (χ4n) is 1.32. The van der Waals surface area contributed by atoms with Crippen LogP contribution in [0.4, 0.5) is 48.3 Å². The lowest BCUT2D eigenvalue weighted by molar-refractivity contribution is -0.424. The molecule has 0 aromatic rings. The maximum Gasteiger partial charge on any atom is 0.460 e. The number of aliphatic hydroxyl groups is 1. The van der Waals surface area contributed by atoms with E-state index in [-0.39, 0.29) is 0 Å². The molecule has 1 N–H and O–H groups in total. The van der Waals surface area contributed by atoms with E-state index in [0.29, 0.717) is 6.92 Å². The fraction of sp³-hybridized carbons (Fsp3) is 1.00. The van der Waals surface area contributed by atoms with Gasteiger partial charge in [-0.2, -0.15) is 48.3 Å². The van der Waals surface area contributed by atoms with Gasteiger partial charge in [-0.25, -0.2) is 0 Å². The van der Waals surface area contributed by atoms with E-state index < -0.39 is 48.3 Å². The van der Waals surface area contributed by atoms with Crippen molar-refractivity contribution in [3.05, 3.63) is 0 Å². The van der Waals surface area contributed by atoms with Gasteiger partial charge in [-0.15, -0.1) is 0 Å². The minimum absolute atomic E-state index is 0.511. The summed E-state index contributed by atoms with van der Waals surface area (Å²) in [5, 5.41) is 9.18. The lowest BCUT2D eigenvalue weighted by Crippen LogP contribution is -2.67. The van der Waals surface area contributed by atoms with Gasteiger partial charge in [0.1, 0.15) is 0 Å². The quantitative estimate of drug-likeness (QED) is 0.688. The molecule has 0 spiro atoms. The first-order valence-electron chi connectivity index (χ1n) is 5.57. The molecule has 22 heavy (non-hydrogen) atoms. The molecule has 12 heteroatoms. The third-order valence-electron chi connectivity index (χ3n) is 2.97. The summed E-state index contributed by atoms with van der Waals surface area (Å²) >= 11 is 0. The Morgan fingerprint density at radius 2 is 1.05 bits per heavy atom. The predicted molar refractivity (Wildman–Crippen MR) is 51.4 cm³/mol. The van der Waals surface area contributed by atoms with Crippen LogP contribution in [0.15, 0.2) is 0 Å². The second-order valence-corrected chi connectivity index (χ2v) is 4.95. The van der Waals surface area contributed by atoms with Gasteiger partial charge >= 0.3 is 29.9 Å². The SMILES string of the molecule is CCC(C)(O)CC(F)(F)C(F)(F)C(F)(F)C(F)(F)C(F)(F)F. The monoisotopic (exact) mass is 356 g/mol. The summed E-state index contributed by atoms with van der Waals surface area (Å²) < 4.78 is 139. The normalized spacial score (nSPS) is 18.3. The number of rotatable bonds is 6. The third-order valence-corrected chi connectivity index (χ3v) is 2.97. The van der Waals surface area contributed by atoms with E-state index in [1.165, 1.54) is 0 Å². The predicted octanol–water partition coefficient (Wildman–Crippen LogP) is 4.64.